The maximum absolute atomic E-state index is 11.5. The number of carbonyl (C=O) groups excluding carboxylic acids is 1. The smallest absolute Gasteiger partial charge is 0.340 e. The van der Waals surface area contributed by atoms with Crippen molar-refractivity contribution in [2.24, 2.45) is 4.99 Å². The molecule has 19 heavy (non-hydrogen) atoms. The van der Waals surface area contributed by atoms with E-state index in [0.29, 0.717) is 0 Å². The van der Waals surface area contributed by atoms with Gasteiger partial charge in [-0.15, -0.1) is 0 Å². The number of ketones is 1. The van der Waals surface area contributed by atoms with Crippen molar-refractivity contribution in [3.63, 3.8) is 0 Å². The van der Waals surface area contributed by atoms with Gasteiger partial charge in [0.1, 0.15) is 5.57 Å². The third kappa shape index (κ3) is 3.61. The van der Waals surface area contributed by atoms with Crippen LogP contribution in [0.2, 0.25) is 0 Å². The van der Waals surface area contributed by atoms with Gasteiger partial charge in [0.05, 0.1) is 0 Å². The average Bonchev–Trinajstić information content (AvgIpc) is 2.39. The Bertz CT molecular complexity index is 544. The summed E-state index contributed by atoms with van der Waals surface area (Å²) in [5.74, 6) is -1.55. The van der Waals surface area contributed by atoms with Crippen LogP contribution in [0, 0.1) is 0 Å². The fraction of sp³-hybridized carbons (Fsp3) is 0.267. The first-order valence-corrected chi connectivity index (χ1v) is 6.23. The van der Waals surface area contributed by atoms with Gasteiger partial charge in [-0.25, -0.2) is 4.79 Å². The molecule has 0 aliphatic carbocycles. The molecule has 0 aromatic heterocycles. The van der Waals surface area contributed by atoms with Crippen molar-refractivity contribution in [2.75, 3.05) is 0 Å². The summed E-state index contributed by atoms with van der Waals surface area (Å²) in [6.45, 7) is 0. The van der Waals surface area contributed by atoms with Gasteiger partial charge in [-0.2, -0.15) is 0 Å². The number of aryl methyl sites for hydroxylation is 1. The first kappa shape index (κ1) is 13.2. The summed E-state index contributed by atoms with van der Waals surface area (Å²) < 4.78 is 0. The number of benzene rings is 1. The first-order chi connectivity index (χ1) is 9.16. The summed E-state index contributed by atoms with van der Waals surface area (Å²) in [5, 5.41) is 8.76. The van der Waals surface area contributed by atoms with E-state index in [-0.39, 0.29) is 17.8 Å². The maximum atomic E-state index is 11.5. The SMILES string of the molecule is O=C(O)C1=CN=C(CCCc2ccccc2)CC1=O. The van der Waals surface area contributed by atoms with E-state index in [4.69, 9.17) is 5.11 Å². The Hall–Kier alpha value is -2.23. The van der Waals surface area contributed by atoms with Crippen molar-refractivity contribution in [3.05, 3.63) is 47.7 Å². The van der Waals surface area contributed by atoms with Crippen LogP contribution in [-0.4, -0.2) is 22.6 Å². The molecule has 2 rings (SSSR count). The quantitative estimate of drug-likeness (QED) is 0.823. The molecule has 0 bridgehead atoms. The number of rotatable bonds is 5. The molecule has 1 aromatic rings. The maximum Gasteiger partial charge on any atom is 0.340 e. The molecule has 1 heterocycles. The van der Waals surface area contributed by atoms with Gasteiger partial charge in [0.2, 0.25) is 0 Å². The van der Waals surface area contributed by atoms with Gasteiger partial charge in [-0.3, -0.25) is 9.79 Å². The van der Waals surface area contributed by atoms with Crippen LogP contribution in [0.15, 0.2) is 47.1 Å². The van der Waals surface area contributed by atoms with Crippen molar-refractivity contribution in [2.45, 2.75) is 25.7 Å². The molecule has 0 spiro atoms. The second-order valence-electron chi connectivity index (χ2n) is 4.48. The van der Waals surface area contributed by atoms with E-state index < -0.39 is 5.97 Å². The van der Waals surface area contributed by atoms with Gasteiger partial charge < -0.3 is 5.11 Å². The normalized spacial score (nSPS) is 14.8. The van der Waals surface area contributed by atoms with Crippen molar-refractivity contribution in [3.8, 4) is 0 Å². The molecule has 4 nitrogen and oxygen atoms in total. The molecule has 0 radical (unpaired) electrons. The highest BCUT2D eigenvalue weighted by Crippen LogP contribution is 2.13. The standard InChI is InChI=1S/C15H15NO3/c17-14-9-12(16-10-13(14)15(18)19)8-4-7-11-5-2-1-3-6-11/h1-3,5-6,10H,4,7-9H2,(H,18,19). The highest BCUT2D eigenvalue weighted by atomic mass is 16.4. The lowest BCUT2D eigenvalue weighted by atomic mass is 9.99. The van der Waals surface area contributed by atoms with Crippen LogP contribution in [0.3, 0.4) is 0 Å². The molecule has 1 aliphatic heterocycles. The van der Waals surface area contributed by atoms with Gasteiger partial charge in [-0.1, -0.05) is 30.3 Å². The number of nitrogens with zero attached hydrogens (tertiary/aromatic N) is 1. The van der Waals surface area contributed by atoms with E-state index >= 15 is 0 Å². The van der Waals surface area contributed by atoms with E-state index in [1.54, 1.807) is 0 Å². The molecule has 1 N–H and O–H groups in total. The van der Waals surface area contributed by atoms with E-state index in [9.17, 15) is 9.59 Å². The monoisotopic (exact) mass is 257 g/mol. The summed E-state index contributed by atoms with van der Waals surface area (Å²) in [6.07, 6.45) is 3.87. The highest BCUT2D eigenvalue weighted by molar-refractivity contribution is 6.23. The summed E-state index contributed by atoms with van der Waals surface area (Å²) in [6, 6.07) is 10.1. The molecule has 0 unspecified atom stereocenters. The third-order valence-electron chi connectivity index (χ3n) is 3.05. The third-order valence-corrected chi connectivity index (χ3v) is 3.05. The zero-order valence-electron chi connectivity index (χ0n) is 10.5. The first-order valence-electron chi connectivity index (χ1n) is 6.23. The van der Waals surface area contributed by atoms with E-state index in [0.717, 1.165) is 25.0 Å². The lowest BCUT2D eigenvalue weighted by Crippen LogP contribution is -2.19. The molecule has 98 valence electrons. The molecular formula is C15H15NO3. The van der Waals surface area contributed by atoms with Crippen LogP contribution in [0.25, 0.3) is 0 Å². The van der Waals surface area contributed by atoms with Gasteiger partial charge in [-0.05, 0) is 24.8 Å². The average molecular weight is 257 g/mol. The summed E-state index contributed by atoms with van der Waals surface area (Å²) in [7, 11) is 0. The van der Waals surface area contributed by atoms with Crippen LogP contribution < -0.4 is 0 Å². The minimum atomic E-state index is -1.20. The van der Waals surface area contributed by atoms with E-state index in [1.807, 2.05) is 18.2 Å². The van der Waals surface area contributed by atoms with Gasteiger partial charge >= 0.3 is 5.97 Å². The number of aliphatic imine (C=N–C) groups is 1. The van der Waals surface area contributed by atoms with Gasteiger partial charge in [0.15, 0.2) is 5.78 Å². The minimum Gasteiger partial charge on any atom is -0.478 e. The summed E-state index contributed by atoms with van der Waals surface area (Å²) >= 11 is 0. The zero-order valence-corrected chi connectivity index (χ0v) is 10.5. The van der Waals surface area contributed by atoms with Crippen LogP contribution in [0.1, 0.15) is 24.8 Å². The second-order valence-corrected chi connectivity index (χ2v) is 4.48. The Morgan fingerprint density at radius 3 is 2.58 bits per heavy atom. The Labute approximate surface area is 111 Å². The topological polar surface area (TPSA) is 66.7 Å². The summed E-state index contributed by atoms with van der Waals surface area (Å²) in [4.78, 5) is 26.3. The van der Waals surface area contributed by atoms with Crippen LogP contribution in [0.5, 0.6) is 0 Å². The number of carboxylic acids is 1. The van der Waals surface area contributed by atoms with E-state index in [1.165, 1.54) is 11.8 Å². The number of carbonyl (C=O) groups is 2. The van der Waals surface area contributed by atoms with Crippen LogP contribution in [-0.2, 0) is 16.0 Å². The van der Waals surface area contributed by atoms with Crippen molar-refractivity contribution in [1.29, 1.82) is 0 Å². The number of aliphatic carboxylic acids is 1. The molecule has 0 saturated heterocycles. The van der Waals surface area contributed by atoms with E-state index in [2.05, 4.69) is 17.1 Å². The van der Waals surface area contributed by atoms with Crippen LogP contribution >= 0.6 is 0 Å². The van der Waals surface area contributed by atoms with Crippen molar-refractivity contribution in [1.82, 2.24) is 0 Å². The molecule has 0 atom stereocenters. The predicted octanol–water partition coefficient (Wildman–Crippen LogP) is 2.39. The largest absolute Gasteiger partial charge is 0.478 e. The number of Topliss-reactive ketones (excluding diaryl/α,β-unsaturated/α-hetero) is 1. The Morgan fingerprint density at radius 1 is 1.21 bits per heavy atom. The lowest BCUT2D eigenvalue weighted by Gasteiger charge is -2.10. The predicted molar refractivity (Wildman–Crippen MR) is 72.2 cm³/mol. The molecule has 1 aliphatic rings. The number of carboxylic acid groups (broad SMARTS) is 1. The van der Waals surface area contributed by atoms with Gasteiger partial charge in [0.25, 0.3) is 0 Å². The van der Waals surface area contributed by atoms with Crippen LogP contribution in [0.4, 0.5) is 0 Å². The fourth-order valence-electron chi connectivity index (χ4n) is 2.02. The lowest BCUT2D eigenvalue weighted by molar-refractivity contribution is -0.134. The Kier molecular flexibility index (Phi) is 4.23. The molecule has 0 fully saturated rings. The second kappa shape index (κ2) is 6.09. The van der Waals surface area contributed by atoms with Crippen molar-refractivity contribution >= 4 is 17.5 Å². The Balaban J connectivity index is 1.88. The van der Waals surface area contributed by atoms with Crippen molar-refractivity contribution < 1.29 is 14.7 Å². The zero-order chi connectivity index (χ0) is 13.7. The Morgan fingerprint density at radius 2 is 1.95 bits per heavy atom. The molecule has 0 amide bonds. The molecule has 4 heteroatoms. The number of hydrogen-bond donors (Lipinski definition) is 1. The molecule has 1 aromatic carbocycles. The van der Waals surface area contributed by atoms with Gasteiger partial charge in [0, 0.05) is 18.3 Å². The minimum absolute atomic E-state index is 0.132. The fourth-order valence-corrected chi connectivity index (χ4v) is 2.02. The highest BCUT2D eigenvalue weighted by Gasteiger charge is 2.22. The molecule has 0 saturated carbocycles. The molecular weight excluding hydrogens is 242 g/mol. The summed E-state index contributed by atoms with van der Waals surface area (Å²) in [5.41, 5.74) is 1.81. The number of hydrogen-bond acceptors (Lipinski definition) is 3.